The van der Waals surface area contributed by atoms with Crippen molar-refractivity contribution in [3.63, 3.8) is 0 Å². The summed E-state index contributed by atoms with van der Waals surface area (Å²) in [6.45, 7) is 4.03. The van der Waals surface area contributed by atoms with Crippen molar-refractivity contribution in [1.29, 1.82) is 0 Å². The maximum atomic E-state index is 12.6. The second-order valence-corrected chi connectivity index (χ2v) is 15.6. The first-order valence-corrected chi connectivity index (χ1v) is 19.3. The van der Waals surface area contributed by atoms with Crippen LogP contribution in [0.5, 0.6) is 11.5 Å². The van der Waals surface area contributed by atoms with Gasteiger partial charge in [-0.3, -0.25) is 9.78 Å². The van der Waals surface area contributed by atoms with E-state index >= 15 is 0 Å². The molecular weight excluding hydrogens is 684 g/mol. The lowest BCUT2D eigenvalue weighted by Gasteiger charge is -2.57. The van der Waals surface area contributed by atoms with E-state index in [4.69, 9.17) is 21.1 Å². The van der Waals surface area contributed by atoms with Gasteiger partial charge in [-0.15, -0.1) is 0 Å². The van der Waals surface area contributed by atoms with Gasteiger partial charge in [0.15, 0.2) is 23.4 Å². The first-order chi connectivity index (χ1) is 25.6. The Kier molecular flexibility index (Phi) is 12.6. The molecule has 2 aliphatic carbocycles. The normalized spacial score (nSPS) is 24.0. The molecule has 2 aliphatic heterocycles. The lowest BCUT2D eigenvalue weighted by Crippen LogP contribution is -2.65. The molecular formula is C44H55ClN4O4. The molecule has 9 heteroatoms. The number of rotatable bonds is 9. The summed E-state index contributed by atoms with van der Waals surface area (Å²) in [4.78, 5) is 21.8. The van der Waals surface area contributed by atoms with Gasteiger partial charge in [0.25, 0.3) is 0 Å². The molecule has 4 aliphatic rings. The van der Waals surface area contributed by atoms with Crippen LogP contribution < -0.4 is 14.8 Å². The monoisotopic (exact) mass is 738 g/mol. The van der Waals surface area contributed by atoms with Crippen molar-refractivity contribution in [2.24, 2.45) is 5.92 Å². The van der Waals surface area contributed by atoms with Gasteiger partial charge in [-0.1, -0.05) is 66.2 Å². The Labute approximate surface area is 320 Å². The lowest BCUT2D eigenvalue weighted by atomic mass is 9.52. The van der Waals surface area contributed by atoms with E-state index in [2.05, 4.69) is 65.5 Å². The van der Waals surface area contributed by atoms with Crippen molar-refractivity contribution in [3.05, 3.63) is 124 Å². The molecule has 53 heavy (non-hydrogen) atoms. The third-order valence-electron chi connectivity index (χ3n) is 11.8. The number of Topliss-reactive ketones (excluding diaryl/α,β-unsaturated/α-hetero) is 1. The largest absolute Gasteiger partial charge is 0.493 e. The van der Waals surface area contributed by atoms with Gasteiger partial charge in [-0.2, -0.15) is 0 Å². The molecule has 1 spiro atoms. The Morgan fingerprint density at radius 2 is 1.79 bits per heavy atom. The van der Waals surface area contributed by atoms with E-state index in [0.29, 0.717) is 24.3 Å². The number of hydrogen-bond donors (Lipinski definition) is 2. The van der Waals surface area contributed by atoms with Crippen LogP contribution in [0.3, 0.4) is 0 Å². The van der Waals surface area contributed by atoms with Gasteiger partial charge in [0, 0.05) is 52.3 Å². The number of ketones is 1. The van der Waals surface area contributed by atoms with Gasteiger partial charge < -0.3 is 29.7 Å². The number of likely N-dealkylation sites (N-methyl/N-ethyl adjacent to an activating group) is 2. The summed E-state index contributed by atoms with van der Waals surface area (Å²) in [5.74, 6) is 2.78. The Hall–Kier alpha value is -3.79. The Morgan fingerprint density at radius 1 is 1.06 bits per heavy atom. The highest BCUT2D eigenvalue weighted by molar-refractivity contribution is 6.30. The quantitative estimate of drug-likeness (QED) is 0.189. The molecule has 1 saturated heterocycles. The van der Waals surface area contributed by atoms with Crippen LogP contribution in [0.2, 0.25) is 5.02 Å². The van der Waals surface area contributed by atoms with Gasteiger partial charge in [0.2, 0.25) is 0 Å². The zero-order valence-electron chi connectivity index (χ0n) is 32.0. The lowest BCUT2D eigenvalue weighted by molar-refractivity contribution is -0.138. The Balaban J connectivity index is 0.000000142. The molecule has 7 atom stereocenters. The summed E-state index contributed by atoms with van der Waals surface area (Å²) in [6.07, 6.45) is 5.95. The van der Waals surface area contributed by atoms with Crippen LogP contribution in [0, 0.1) is 5.92 Å². The van der Waals surface area contributed by atoms with Crippen LogP contribution in [-0.4, -0.2) is 92.3 Å². The number of benzene rings is 3. The molecule has 3 heterocycles. The number of carbonyl (C=O) groups is 1. The number of ether oxygens (including phenoxy) is 2. The zero-order chi connectivity index (χ0) is 37.7. The highest BCUT2D eigenvalue weighted by Crippen LogP contribution is 2.63. The van der Waals surface area contributed by atoms with E-state index < -0.39 is 6.10 Å². The number of piperidine rings is 1. The number of methoxy groups -OCH3 is 1. The van der Waals surface area contributed by atoms with Gasteiger partial charge in [-0.25, -0.2) is 0 Å². The fraction of sp³-hybridized carbons (Fsp3) is 0.455. The molecule has 0 amide bonds. The van der Waals surface area contributed by atoms with E-state index in [1.54, 1.807) is 7.11 Å². The van der Waals surface area contributed by atoms with Crippen LogP contribution in [-0.2, 0) is 16.6 Å². The standard InChI is InChI=1S/C18H21NO3.C16H19ClN2.C10H15NO/c1-19-8-7-18-11-4-5-13(20)17(18)22-16-14(21-2)6-3-10(15(16)18)9-12(11)19;1-19(2)12-10-15(16-5-3-4-11-18-16)13-6-8-14(17)9-7-13;1-8(11-2)10(12)9-6-4-3-5-7-9/h3,6,11-12,17H,4-5,7-9H2,1-2H3;3-9,11,15H,10,12H2,1-2H3;3-8,10-12H,1-2H3/t11-,12+,17-,18-;;8-,10+/m0.0/s1. The molecule has 1 unspecified atom stereocenters. The number of aliphatic hydroxyl groups is 1. The van der Waals surface area contributed by atoms with Gasteiger partial charge >= 0.3 is 0 Å². The smallest absolute Gasteiger partial charge is 0.174 e. The second-order valence-electron chi connectivity index (χ2n) is 15.2. The summed E-state index contributed by atoms with van der Waals surface area (Å²) in [7, 11) is 9.94. The van der Waals surface area contributed by atoms with Crippen molar-refractivity contribution in [1.82, 2.24) is 20.1 Å². The highest BCUT2D eigenvalue weighted by atomic mass is 35.5. The fourth-order valence-corrected chi connectivity index (χ4v) is 9.04. The average molecular weight is 739 g/mol. The van der Waals surface area contributed by atoms with Crippen molar-refractivity contribution < 1.29 is 19.4 Å². The first kappa shape index (κ1) is 38.9. The first-order valence-electron chi connectivity index (χ1n) is 18.9. The van der Waals surface area contributed by atoms with Crippen molar-refractivity contribution in [2.75, 3.05) is 48.4 Å². The number of nitrogens with one attached hydrogen (secondary N) is 1. The zero-order valence-corrected chi connectivity index (χ0v) is 32.7. The predicted molar refractivity (Wildman–Crippen MR) is 212 cm³/mol. The van der Waals surface area contributed by atoms with Crippen molar-refractivity contribution in [3.8, 4) is 11.5 Å². The van der Waals surface area contributed by atoms with Crippen LogP contribution in [0.1, 0.15) is 72.6 Å². The minimum Gasteiger partial charge on any atom is -0.493 e. The number of aliphatic hydroxyl groups excluding tert-OH is 1. The van der Waals surface area contributed by atoms with Gasteiger partial charge in [-0.05, 0) is 127 Å². The molecule has 4 aromatic rings. The van der Waals surface area contributed by atoms with E-state index in [1.165, 1.54) is 16.7 Å². The molecule has 3 aromatic carbocycles. The van der Waals surface area contributed by atoms with Crippen LogP contribution >= 0.6 is 11.6 Å². The SMILES string of the molecule is CN(C)CCC(c1ccc(Cl)cc1)c1ccccn1.CN[C@@H](C)[C@@H](O)c1ccccc1.COc1ccc2c3c1O[C@H]1C(=O)CC[C@H]4[C@@H](C2)N(C)CC[C@]314. The molecule has 8 nitrogen and oxygen atoms in total. The molecule has 0 radical (unpaired) electrons. The summed E-state index contributed by atoms with van der Waals surface area (Å²) >= 11 is 5.97. The van der Waals surface area contributed by atoms with E-state index in [0.717, 1.165) is 66.6 Å². The number of aromatic nitrogens is 1. The molecule has 282 valence electrons. The van der Waals surface area contributed by atoms with Gasteiger partial charge in [0.1, 0.15) is 0 Å². The number of halogens is 1. The van der Waals surface area contributed by atoms with Crippen molar-refractivity contribution >= 4 is 17.4 Å². The predicted octanol–water partition coefficient (Wildman–Crippen LogP) is 7.08. The van der Waals surface area contributed by atoms with Crippen LogP contribution in [0.15, 0.2) is 91.1 Å². The number of nitrogens with zero attached hydrogens (tertiary/aromatic N) is 3. The van der Waals surface area contributed by atoms with Crippen molar-refractivity contribution in [2.45, 2.75) is 74.7 Å². The minimum absolute atomic E-state index is 0.0902. The number of hydrogen-bond acceptors (Lipinski definition) is 8. The minimum atomic E-state index is -0.420. The second kappa shape index (κ2) is 17.1. The number of pyridine rings is 1. The maximum Gasteiger partial charge on any atom is 0.174 e. The molecule has 2 bridgehead atoms. The Bertz CT molecular complexity index is 1810. The summed E-state index contributed by atoms with van der Waals surface area (Å²) < 4.78 is 11.8. The number of likely N-dealkylation sites (tertiary alicyclic amines) is 1. The maximum absolute atomic E-state index is 12.6. The summed E-state index contributed by atoms with van der Waals surface area (Å²) in [5, 5.41) is 13.5. The molecule has 1 saturated carbocycles. The molecule has 1 aromatic heterocycles. The van der Waals surface area contributed by atoms with Crippen LogP contribution in [0.4, 0.5) is 0 Å². The molecule has 8 rings (SSSR count). The molecule has 2 fully saturated rings. The third-order valence-corrected chi connectivity index (χ3v) is 12.1. The summed E-state index contributed by atoms with van der Waals surface area (Å²) in [6, 6.07) is 28.7. The van der Waals surface area contributed by atoms with E-state index in [-0.39, 0.29) is 23.3 Å². The van der Waals surface area contributed by atoms with Gasteiger partial charge in [0.05, 0.1) is 13.2 Å². The highest BCUT2D eigenvalue weighted by Gasteiger charge is 2.65. The fourth-order valence-electron chi connectivity index (χ4n) is 8.92. The third kappa shape index (κ3) is 8.03. The van der Waals surface area contributed by atoms with E-state index in [9.17, 15) is 9.90 Å². The Morgan fingerprint density at radius 3 is 2.45 bits per heavy atom. The summed E-state index contributed by atoms with van der Waals surface area (Å²) in [5.41, 5.74) is 5.92. The number of carbonyl (C=O) groups excluding carboxylic acids is 1. The molecule has 2 N–H and O–H groups in total. The topological polar surface area (TPSA) is 87.2 Å². The van der Waals surface area contributed by atoms with Crippen LogP contribution in [0.25, 0.3) is 0 Å². The average Bonchev–Trinajstić information content (AvgIpc) is 3.54. The van der Waals surface area contributed by atoms with E-state index in [1.807, 2.05) is 80.8 Å².